The third kappa shape index (κ3) is 4.73. The molecule has 1 aromatic carbocycles. The molecule has 28 heavy (non-hydrogen) atoms. The van der Waals surface area contributed by atoms with E-state index >= 15 is 0 Å². The lowest BCUT2D eigenvalue weighted by molar-refractivity contribution is -0.137. The molecule has 3 rings (SSSR count). The number of benzene rings is 1. The number of nitrogens with zero attached hydrogens (tertiary/aromatic N) is 2. The Morgan fingerprint density at radius 3 is 2.54 bits per heavy atom. The number of alkyl halides is 3. The normalized spacial score (nSPS) is 15.5. The molecule has 9 heteroatoms. The van der Waals surface area contributed by atoms with Gasteiger partial charge in [0.2, 0.25) is 5.91 Å². The van der Waals surface area contributed by atoms with Crippen LogP contribution in [0.15, 0.2) is 36.5 Å². The number of hydrogen-bond acceptors (Lipinski definition) is 3. The summed E-state index contributed by atoms with van der Waals surface area (Å²) in [5.74, 6) is -0.522. The van der Waals surface area contributed by atoms with Gasteiger partial charge in [0.15, 0.2) is 0 Å². The fourth-order valence-electron chi connectivity index (χ4n) is 3.14. The lowest BCUT2D eigenvalue weighted by atomic mass is 9.95. The van der Waals surface area contributed by atoms with Crippen LogP contribution in [0.2, 0.25) is 5.02 Å². The molecular weight excluding hydrogens is 398 g/mol. The summed E-state index contributed by atoms with van der Waals surface area (Å²) in [6.07, 6.45) is -2.74. The number of piperidine rings is 1. The van der Waals surface area contributed by atoms with Crippen LogP contribution in [0.4, 0.5) is 23.4 Å². The first-order valence-electron chi connectivity index (χ1n) is 8.74. The minimum atomic E-state index is -4.50. The van der Waals surface area contributed by atoms with E-state index in [-0.39, 0.29) is 35.0 Å². The van der Waals surface area contributed by atoms with Crippen molar-refractivity contribution >= 4 is 23.3 Å². The average molecular weight is 416 g/mol. The van der Waals surface area contributed by atoms with Crippen LogP contribution in [0, 0.1) is 11.7 Å². The number of carbonyl (C=O) groups is 1. The molecule has 0 atom stereocenters. The highest BCUT2D eigenvalue weighted by Crippen LogP contribution is 2.34. The molecule has 1 aliphatic heterocycles. The van der Waals surface area contributed by atoms with E-state index in [1.54, 1.807) is 23.1 Å². The molecule has 150 valence electrons. The van der Waals surface area contributed by atoms with Gasteiger partial charge < -0.3 is 10.2 Å². The molecule has 1 amide bonds. The van der Waals surface area contributed by atoms with Gasteiger partial charge in [-0.05, 0) is 25.0 Å². The predicted molar refractivity (Wildman–Crippen MR) is 97.4 cm³/mol. The highest BCUT2D eigenvalue weighted by molar-refractivity contribution is 6.33. The first-order valence-corrected chi connectivity index (χ1v) is 9.12. The number of carbonyl (C=O) groups excluding carboxylic acids is 1. The minimum Gasteiger partial charge on any atom is -0.355 e. The fourth-order valence-corrected chi connectivity index (χ4v) is 3.43. The second-order valence-electron chi connectivity index (χ2n) is 6.60. The summed E-state index contributed by atoms with van der Waals surface area (Å²) in [5.41, 5.74) is -0.488. The van der Waals surface area contributed by atoms with Crippen molar-refractivity contribution in [3.8, 4) is 0 Å². The van der Waals surface area contributed by atoms with Crippen LogP contribution in [0.25, 0.3) is 0 Å². The average Bonchev–Trinajstić information content (AvgIpc) is 2.66. The Balaban J connectivity index is 1.55. The maximum atomic E-state index is 13.6. The molecular formula is C19H18ClF4N3O. The highest BCUT2D eigenvalue weighted by Gasteiger charge is 2.33. The molecule has 1 N–H and O–H groups in total. The zero-order chi connectivity index (χ0) is 20.3. The number of hydrogen-bond donors (Lipinski definition) is 1. The molecule has 0 spiro atoms. The van der Waals surface area contributed by atoms with Crippen molar-refractivity contribution in [1.82, 2.24) is 10.3 Å². The van der Waals surface area contributed by atoms with Crippen molar-refractivity contribution in [2.24, 2.45) is 5.92 Å². The molecule has 0 bridgehead atoms. The van der Waals surface area contributed by atoms with Gasteiger partial charge in [0.05, 0.1) is 10.6 Å². The zero-order valence-electron chi connectivity index (χ0n) is 14.8. The zero-order valence-corrected chi connectivity index (χ0v) is 15.5. The van der Waals surface area contributed by atoms with Crippen LogP contribution >= 0.6 is 11.6 Å². The van der Waals surface area contributed by atoms with E-state index in [1.165, 1.54) is 6.07 Å². The fraction of sp³-hybridized carbons (Fsp3) is 0.368. The Kier molecular flexibility index (Phi) is 6.07. The first kappa shape index (κ1) is 20.4. The predicted octanol–water partition coefficient (Wildman–Crippen LogP) is 4.43. The van der Waals surface area contributed by atoms with Gasteiger partial charge in [-0.15, -0.1) is 0 Å². The summed E-state index contributed by atoms with van der Waals surface area (Å²) in [4.78, 5) is 18.0. The van der Waals surface area contributed by atoms with Crippen molar-refractivity contribution in [2.45, 2.75) is 25.6 Å². The Labute approximate surface area is 164 Å². The van der Waals surface area contributed by atoms with Crippen molar-refractivity contribution in [2.75, 3.05) is 18.0 Å². The van der Waals surface area contributed by atoms with E-state index in [2.05, 4.69) is 10.3 Å². The van der Waals surface area contributed by atoms with Gasteiger partial charge in [-0.25, -0.2) is 9.37 Å². The van der Waals surface area contributed by atoms with Crippen LogP contribution in [0.3, 0.4) is 0 Å². The standard InChI is InChI=1S/C19H18ClF4N3O/c20-15-9-14(19(22,23)24)11-25-17(15)27-7-5-12(6-8-27)18(28)26-10-13-3-1-2-4-16(13)21/h1-4,9,11-12H,5-8,10H2,(H,26,28). The smallest absolute Gasteiger partial charge is 0.355 e. The summed E-state index contributed by atoms with van der Waals surface area (Å²) in [6, 6.07) is 7.08. The van der Waals surface area contributed by atoms with Crippen LogP contribution in [-0.2, 0) is 17.5 Å². The maximum absolute atomic E-state index is 13.6. The number of pyridine rings is 1. The van der Waals surface area contributed by atoms with E-state index in [4.69, 9.17) is 11.6 Å². The van der Waals surface area contributed by atoms with Crippen molar-refractivity contribution in [1.29, 1.82) is 0 Å². The summed E-state index contributed by atoms with van der Waals surface area (Å²) in [5, 5.41) is 2.66. The molecule has 1 fully saturated rings. The summed E-state index contributed by atoms with van der Waals surface area (Å²) in [7, 11) is 0. The minimum absolute atomic E-state index is 0.0720. The third-order valence-corrected chi connectivity index (χ3v) is 5.00. The molecule has 0 saturated carbocycles. The number of nitrogens with one attached hydrogen (secondary N) is 1. The molecule has 4 nitrogen and oxygen atoms in total. The van der Waals surface area contributed by atoms with Crippen LogP contribution < -0.4 is 10.2 Å². The number of amides is 1. The molecule has 2 aromatic rings. The van der Waals surface area contributed by atoms with E-state index in [0.717, 1.165) is 12.3 Å². The molecule has 1 aromatic heterocycles. The quantitative estimate of drug-likeness (QED) is 0.752. The molecule has 1 saturated heterocycles. The topological polar surface area (TPSA) is 45.2 Å². The van der Waals surface area contributed by atoms with Crippen molar-refractivity contribution in [3.63, 3.8) is 0 Å². The first-order chi connectivity index (χ1) is 13.3. The van der Waals surface area contributed by atoms with Gasteiger partial charge in [-0.1, -0.05) is 29.8 Å². The van der Waals surface area contributed by atoms with Gasteiger partial charge in [0.25, 0.3) is 0 Å². The van der Waals surface area contributed by atoms with Crippen LogP contribution in [-0.4, -0.2) is 24.0 Å². The lowest BCUT2D eigenvalue weighted by Crippen LogP contribution is -2.40. The second-order valence-corrected chi connectivity index (χ2v) is 7.00. The molecule has 0 aliphatic carbocycles. The third-order valence-electron chi connectivity index (χ3n) is 4.73. The van der Waals surface area contributed by atoms with Crippen LogP contribution in [0.1, 0.15) is 24.0 Å². The second kappa shape index (κ2) is 8.34. The Morgan fingerprint density at radius 1 is 1.25 bits per heavy atom. The van der Waals surface area contributed by atoms with Crippen molar-refractivity contribution in [3.05, 3.63) is 58.5 Å². The van der Waals surface area contributed by atoms with Gasteiger partial charge >= 0.3 is 6.18 Å². The van der Waals surface area contributed by atoms with Crippen molar-refractivity contribution < 1.29 is 22.4 Å². The summed E-state index contributed by atoms with van der Waals surface area (Å²) in [6.45, 7) is 0.990. The Morgan fingerprint density at radius 2 is 1.93 bits per heavy atom. The van der Waals surface area contributed by atoms with E-state index in [9.17, 15) is 22.4 Å². The van der Waals surface area contributed by atoms with Gasteiger partial charge in [-0.3, -0.25) is 4.79 Å². The largest absolute Gasteiger partial charge is 0.417 e. The van der Waals surface area contributed by atoms with Gasteiger partial charge in [-0.2, -0.15) is 13.2 Å². The SMILES string of the molecule is O=C(NCc1ccccc1F)C1CCN(c2ncc(C(F)(F)F)cc2Cl)CC1. The lowest BCUT2D eigenvalue weighted by Gasteiger charge is -2.32. The number of aromatic nitrogens is 1. The number of halogens is 5. The van der Waals surface area contributed by atoms with Gasteiger partial charge in [0.1, 0.15) is 11.6 Å². The number of rotatable bonds is 4. The maximum Gasteiger partial charge on any atom is 0.417 e. The van der Waals surface area contributed by atoms with E-state index in [1.807, 2.05) is 0 Å². The Bertz CT molecular complexity index is 851. The monoisotopic (exact) mass is 415 g/mol. The van der Waals surface area contributed by atoms with Crippen LogP contribution in [0.5, 0.6) is 0 Å². The van der Waals surface area contributed by atoms with E-state index < -0.39 is 11.7 Å². The summed E-state index contributed by atoms with van der Waals surface area (Å²) >= 11 is 5.98. The molecule has 2 heterocycles. The van der Waals surface area contributed by atoms with E-state index in [0.29, 0.717) is 31.5 Å². The number of anilines is 1. The van der Waals surface area contributed by atoms with Gasteiger partial charge in [0, 0.05) is 37.3 Å². The molecule has 0 unspecified atom stereocenters. The Hall–Kier alpha value is -2.35. The highest BCUT2D eigenvalue weighted by atomic mass is 35.5. The summed E-state index contributed by atoms with van der Waals surface area (Å²) < 4.78 is 51.8. The molecule has 0 radical (unpaired) electrons. The molecule has 1 aliphatic rings.